The summed E-state index contributed by atoms with van der Waals surface area (Å²) < 4.78 is 6.39. The zero-order valence-electron chi connectivity index (χ0n) is 12.8. The van der Waals surface area contributed by atoms with Gasteiger partial charge in [-0.2, -0.15) is 0 Å². The van der Waals surface area contributed by atoms with Gasteiger partial charge in [0.1, 0.15) is 6.10 Å². The Labute approximate surface area is 122 Å². The average molecular weight is 268 g/mol. The van der Waals surface area contributed by atoms with Gasteiger partial charge >= 0.3 is 0 Å². The van der Waals surface area contributed by atoms with Crippen molar-refractivity contribution in [2.75, 3.05) is 0 Å². The second-order valence-corrected chi connectivity index (χ2v) is 6.35. The van der Waals surface area contributed by atoms with E-state index in [-0.39, 0.29) is 17.6 Å². The molecule has 1 unspecified atom stereocenters. The molecule has 0 aliphatic carbocycles. The molecular weight excluding hydrogens is 244 g/mol. The molecule has 2 rings (SSSR count). The van der Waals surface area contributed by atoms with Gasteiger partial charge in [0.25, 0.3) is 0 Å². The van der Waals surface area contributed by atoms with E-state index in [1.165, 1.54) is 11.1 Å². The maximum atomic E-state index is 6.39. The monoisotopic (exact) mass is 268 g/mol. The summed E-state index contributed by atoms with van der Waals surface area (Å²) in [6.07, 6.45) is 0.166. The van der Waals surface area contributed by atoms with Crippen LogP contribution in [-0.2, 0) is 4.74 Å². The van der Waals surface area contributed by atoms with Crippen molar-refractivity contribution in [3.8, 4) is 0 Å². The van der Waals surface area contributed by atoms with Gasteiger partial charge in [0, 0.05) is 0 Å². The molecule has 0 fully saturated rings. The molecule has 1 nitrogen and oxygen atoms in total. The smallest absolute Gasteiger partial charge is 0.108 e. The van der Waals surface area contributed by atoms with Crippen LogP contribution in [0.2, 0.25) is 0 Å². The summed E-state index contributed by atoms with van der Waals surface area (Å²) in [6.45, 7) is 8.79. The average Bonchev–Trinajstić information content (AvgIpc) is 2.45. The fraction of sp³-hybridized carbons (Fsp3) is 0.368. The van der Waals surface area contributed by atoms with Crippen molar-refractivity contribution in [3.63, 3.8) is 0 Å². The molecule has 0 saturated carbocycles. The van der Waals surface area contributed by atoms with Gasteiger partial charge < -0.3 is 4.74 Å². The van der Waals surface area contributed by atoms with Crippen LogP contribution in [0.3, 0.4) is 0 Å². The minimum Gasteiger partial charge on any atom is -0.365 e. The first-order chi connectivity index (χ1) is 9.48. The molecule has 0 aliphatic heterocycles. The molecule has 0 bridgehead atoms. The largest absolute Gasteiger partial charge is 0.365 e. The molecule has 0 aromatic heterocycles. The molecule has 1 atom stereocenters. The molecule has 0 heterocycles. The first kappa shape index (κ1) is 14.8. The van der Waals surface area contributed by atoms with Gasteiger partial charge in [-0.1, -0.05) is 81.4 Å². The van der Waals surface area contributed by atoms with E-state index in [0.29, 0.717) is 0 Å². The molecular formula is C19H24O. The molecule has 0 radical (unpaired) electrons. The summed E-state index contributed by atoms with van der Waals surface area (Å²) in [7, 11) is 0. The second-order valence-electron chi connectivity index (χ2n) is 6.35. The van der Waals surface area contributed by atoms with Crippen LogP contribution in [0.1, 0.15) is 44.9 Å². The standard InChI is InChI=1S/C19H24O/c1-15(19(2,3)4)20-18(16-11-7-5-8-12-16)17-13-9-6-10-14-17/h5-15,18H,1-4H3. The van der Waals surface area contributed by atoms with Crippen LogP contribution in [0.5, 0.6) is 0 Å². The lowest BCUT2D eigenvalue weighted by Gasteiger charge is -2.32. The maximum absolute atomic E-state index is 6.39. The molecule has 0 amide bonds. The highest BCUT2D eigenvalue weighted by molar-refractivity contribution is 5.30. The Morgan fingerprint density at radius 1 is 0.750 bits per heavy atom. The minimum absolute atomic E-state index is 0.00775. The summed E-state index contributed by atoms with van der Waals surface area (Å²) >= 11 is 0. The molecule has 2 aromatic carbocycles. The van der Waals surface area contributed by atoms with Crippen LogP contribution < -0.4 is 0 Å². The Morgan fingerprint density at radius 3 is 1.50 bits per heavy atom. The van der Waals surface area contributed by atoms with Crippen molar-refractivity contribution in [3.05, 3.63) is 71.8 Å². The molecule has 2 aromatic rings. The summed E-state index contributed by atoms with van der Waals surface area (Å²) in [6, 6.07) is 20.9. The molecule has 0 spiro atoms. The van der Waals surface area contributed by atoms with Gasteiger partial charge in [0.2, 0.25) is 0 Å². The Kier molecular flexibility index (Phi) is 4.61. The predicted molar refractivity (Wildman–Crippen MR) is 84.7 cm³/mol. The lowest BCUT2D eigenvalue weighted by atomic mass is 9.89. The van der Waals surface area contributed by atoms with Crippen molar-refractivity contribution in [1.29, 1.82) is 0 Å². The molecule has 20 heavy (non-hydrogen) atoms. The molecule has 0 aliphatic rings. The number of rotatable bonds is 4. The van der Waals surface area contributed by atoms with Crippen LogP contribution in [-0.4, -0.2) is 6.10 Å². The summed E-state index contributed by atoms with van der Waals surface area (Å²) in [5, 5.41) is 0. The number of ether oxygens (including phenoxy) is 1. The molecule has 0 N–H and O–H groups in total. The Hall–Kier alpha value is -1.60. The number of benzene rings is 2. The fourth-order valence-corrected chi connectivity index (χ4v) is 2.01. The van der Waals surface area contributed by atoms with E-state index in [1.54, 1.807) is 0 Å². The van der Waals surface area contributed by atoms with Crippen LogP contribution in [0, 0.1) is 5.41 Å². The van der Waals surface area contributed by atoms with Crippen LogP contribution in [0.25, 0.3) is 0 Å². The first-order valence-electron chi connectivity index (χ1n) is 7.24. The zero-order valence-corrected chi connectivity index (χ0v) is 12.8. The van der Waals surface area contributed by atoms with Crippen LogP contribution in [0.4, 0.5) is 0 Å². The Morgan fingerprint density at radius 2 is 1.15 bits per heavy atom. The van der Waals surface area contributed by atoms with E-state index in [2.05, 4.69) is 76.2 Å². The highest BCUT2D eigenvalue weighted by Crippen LogP contribution is 2.32. The number of hydrogen-bond acceptors (Lipinski definition) is 1. The summed E-state index contributed by atoms with van der Waals surface area (Å²) in [5.41, 5.74) is 2.53. The van der Waals surface area contributed by atoms with Gasteiger partial charge in [0.15, 0.2) is 0 Å². The van der Waals surface area contributed by atoms with Crippen molar-refractivity contribution in [1.82, 2.24) is 0 Å². The highest BCUT2D eigenvalue weighted by Gasteiger charge is 2.25. The second kappa shape index (κ2) is 6.23. The van der Waals surface area contributed by atoms with Gasteiger partial charge in [-0.3, -0.25) is 0 Å². The molecule has 0 saturated heterocycles. The third-order valence-electron chi connectivity index (χ3n) is 3.76. The summed E-state index contributed by atoms with van der Waals surface area (Å²) in [4.78, 5) is 0. The topological polar surface area (TPSA) is 9.23 Å². The number of hydrogen-bond donors (Lipinski definition) is 0. The molecule has 106 valence electrons. The highest BCUT2D eigenvalue weighted by atomic mass is 16.5. The SMILES string of the molecule is CC(OC(c1ccccc1)c1ccccc1)C(C)(C)C. The van der Waals surface area contributed by atoms with Gasteiger partial charge in [0.05, 0.1) is 6.10 Å². The van der Waals surface area contributed by atoms with Gasteiger partial charge in [-0.15, -0.1) is 0 Å². The van der Waals surface area contributed by atoms with Gasteiger partial charge in [-0.05, 0) is 23.5 Å². The van der Waals surface area contributed by atoms with Crippen molar-refractivity contribution >= 4 is 0 Å². The van der Waals surface area contributed by atoms with E-state index in [9.17, 15) is 0 Å². The Bertz CT molecular complexity index is 471. The van der Waals surface area contributed by atoms with E-state index in [1.807, 2.05) is 12.1 Å². The zero-order chi connectivity index (χ0) is 14.6. The Balaban J connectivity index is 2.31. The molecule has 1 heteroatoms. The summed E-state index contributed by atoms with van der Waals surface area (Å²) in [5.74, 6) is 0. The maximum Gasteiger partial charge on any atom is 0.108 e. The van der Waals surface area contributed by atoms with E-state index < -0.39 is 0 Å². The first-order valence-corrected chi connectivity index (χ1v) is 7.24. The lowest BCUT2D eigenvalue weighted by Crippen LogP contribution is -2.28. The van der Waals surface area contributed by atoms with Crippen molar-refractivity contribution in [2.24, 2.45) is 5.41 Å². The third-order valence-corrected chi connectivity index (χ3v) is 3.76. The van der Waals surface area contributed by atoms with Crippen LogP contribution in [0.15, 0.2) is 60.7 Å². The normalized spacial score (nSPS) is 13.4. The van der Waals surface area contributed by atoms with E-state index in [4.69, 9.17) is 4.74 Å². The van der Waals surface area contributed by atoms with E-state index >= 15 is 0 Å². The lowest BCUT2D eigenvalue weighted by molar-refractivity contribution is -0.0403. The van der Waals surface area contributed by atoms with E-state index in [0.717, 1.165) is 0 Å². The third kappa shape index (κ3) is 3.71. The van der Waals surface area contributed by atoms with Crippen LogP contribution >= 0.6 is 0 Å². The van der Waals surface area contributed by atoms with Crippen molar-refractivity contribution < 1.29 is 4.74 Å². The van der Waals surface area contributed by atoms with Gasteiger partial charge in [-0.25, -0.2) is 0 Å². The quantitative estimate of drug-likeness (QED) is 0.738. The van der Waals surface area contributed by atoms with Crippen molar-refractivity contribution in [2.45, 2.75) is 39.9 Å². The predicted octanol–water partition coefficient (Wildman–Crippen LogP) is 5.23. The minimum atomic E-state index is -0.00775. The fourth-order valence-electron chi connectivity index (χ4n) is 2.01.